The fourth-order valence-electron chi connectivity index (χ4n) is 4.18. The summed E-state index contributed by atoms with van der Waals surface area (Å²) in [5.74, 6) is -1.18. The zero-order chi connectivity index (χ0) is 29.8. The van der Waals surface area contributed by atoms with Crippen LogP contribution in [0.1, 0.15) is 18.1 Å². The normalized spacial score (nSPS) is 17.1. The molecule has 41 heavy (non-hydrogen) atoms. The maximum absolute atomic E-state index is 13.6. The number of likely N-dealkylation sites (N-methyl/N-ethyl adjacent to an activating group) is 1. The number of rotatable bonds is 8. The summed E-state index contributed by atoms with van der Waals surface area (Å²) in [6.07, 6.45) is -7.74. The molecule has 1 aliphatic heterocycles. The van der Waals surface area contributed by atoms with Gasteiger partial charge in [-0.2, -0.15) is 0 Å². The van der Waals surface area contributed by atoms with Crippen molar-refractivity contribution in [1.82, 2.24) is 10.2 Å². The number of nitrogens with one attached hydrogen (secondary N) is 3. The van der Waals surface area contributed by atoms with E-state index in [1.165, 1.54) is 26.1 Å². The van der Waals surface area contributed by atoms with Gasteiger partial charge in [0, 0.05) is 29.0 Å². The molecule has 0 aromatic heterocycles. The van der Waals surface area contributed by atoms with Crippen molar-refractivity contribution in [1.29, 1.82) is 0 Å². The predicted molar refractivity (Wildman–Crippen MR) is 150 cm³/mol. The second kappa shape index (κ2) is 12.3. The second-order valence-corrected chi connectivity index (χ2v) is 10.3. The molecule has 1 aliphatic rings. The molecule has 0 saturated heterocycles. The van der Waals surface area contributed by atoms with E-state index in [4.69, 9.17) is 27.9 Å². The van der Waals surface area contributed by atoms with Crippen LogP contribution in [0.3, 0.4) is 0 Å². The van der Waals surface area contributed by atoms with E-state index in [9.17, 15) is 22.8 Å². The van der Waals surface area contributed by atoms with Crippen LogP contribution in [0.15, 0.2) is 84.6 Å². The first-order chi connectivity index (χ1) is 19.3. The van der Waals surface area contributed by atoms with E-state index in [0.29, 0.717) is 16.3 Å². The Bertz CT molecular complexity index is 1440. The van der Waals surface area contributed by atoms with Gasteiger partial charge in [0.1, 0.15) is 12.3 Å². The molecule has 2 atom stereocenters. The molecule has 13 heteroatoms. The van der Waals surface area contributed by atoms with E-state index >= 15 is 0 Å². The number of alkyl halides is 4. The molecule has 3 amide bonds. The summed E-state index contributed by atoms with van der Waals surface area (Å²) in [6, 6.07) is 20.8. The predicted octanol–water partition coefficient (Wildman–Crippen LogP) is 6.75. The lowest BCUT2D eigenvalue weighted by Gasteiger charge is -2.40. The topological polar surface area (TPSA) is 91.9 Å². The molecular formula is C28H25Cl2F3N4O4. The Morgan fingerprint density at radius 1 is 1.05 bits per heavy atom. The molecule has 0 spiro atoms. The minimum atomic E-state index is -5.27. The van der Waals surface area contributed by atoms with Gasteiger partial charge in [-0.1, -0.05) is 71.7 Å². The quantitative estimate of drug-likeness (QED) is 0.149. The van der Waals surface area contributed by atoms with Crippen LogP contribution in [-0.4, -0.2) is 41.5 Å². The first-order valence-corrected chi connectivity index (χ1v) is 12.9. The number of carbonyl (C=O) groups excluding carboxylic acids is 2. The molecule has 216 valence electrons. The highest BCUT2D eigenvalue weighted by molar-refractivity contribution is 6.31. The third kappa shape index (κ3) is 7.63. The molecule has 4 rings (SSSR count). The summed E-state index contributed by atoms with van der Waals surface area (Å²) in [6.45, 7) is 1.55. The summed E-state index contributed by atoms with van der Waals surface area (Å²) < 4.78 is 50.3. The number of para-hydroxylation sites is 1. The van der Waals surface area contributed by atoms with Crippen molar-refractivity contribution in [3.05, 3.63) is 101 Å². The number of hydrogen-bond donors (Lipinski definition) is 3. The van der Waals surface area contributed by atoms with E-state index in [0.717, 1.165) is 10.5 Å². The van der Waals surface area contributed by atoms with Gasteiger partial charge in [0.25, 0.3) is 5.91 Å². The van der Waals surface area contributed by atoms with Gasteiger partial charge in [-0.15, -0.1) is 13.2 Å². The van der Waals surface area contributed by atoms with Crippen molar-refractivity contribution in [3.8, 4) is 0 Å². The molecular weight excluding hydrogens is 584 g/mol. The lowest BCUT2D eigenvalue weighted by molar-refractivity contribution is -0.340. The van der Waals surface area contributed by atoms with Crippen LogP contribution in [0.2, 0.25) is 5.02 Å². The van der Waals surface area contributed by atoms with Crippen LogP contribution in [0.4, 0.5) is 29.3 Å². The number of urea groups is 1. The number of fused-ring (bicyclic) bond motifs is 1. The molecule has 0 radical (unpaired) electrons. The lowest BCUT2D eigenvalue weighted by atomic mass is 9.99. The second-order valence-electron chi connectivity index (χ2n) is 9.08. The number of ether oxygens (including phenoxy) is 2. The molecule has 3 aromatic rings. The van der Waals surface area contributed by atoms with E-state index in [-0.39, 0.29) is 23.8 Å². The van der Waals surface area contributed by atoms with Gasteiger partial charge in [0.15, 0.2) is 10.8 Å². The SMILES string of the molecule is CN(C(=O)C(NC(=O)Nc1ccccc1)OC(F)(F)F)C1=C(OCc2ccccc2)c2cc(Cl)ccc2NC1(C)Cl. The first-order valence-electron chi connectivity index (χ1n) is 12.2. The van der Waals surface area contributed by atoms with Gasteiger partial charge in [-0.3, -0.25) is 9.53 Å². The van der Waals surface area contributed by atoms with E-state index in [1.54, 1.807) is 36.4 Å². The number of halogens is 5. The van der Waals surface area contributed by atoms with Gasteiger partial charge in [0.05, 0.1) is 0 Å². The molecule has 0 aliphatic carbocycles. The van der Waals surface area contributed by atoms with Gasteiger partial charge in [-0.25, -0.2) is 4.79 Å². The van der Waals surface area contributed by atoms with Crippen molar-refractivity contribution < 1.29 is 32.2 Å². The average Bonchev–Trinajstić information content (AvgIpc) is 2.90. The van der Waals surface area contributed by atoms with Crippen LogP contribution < -0.4 is 16.0 Å². The number of anilines is 2. The molecule has 3 N–H and O–H groups in total. The van der Waals surface area contributed by atoms with Crippen LogP contribution in [0, 0.1) is 0 Å². The molecule has 2 unspecified atom stereocenters. The molecule has 0 fully saturated rings. The van der Waals surface area contributed by atoms with Gasteiger partial charge < -0.3 is 25.6 Å². The number of nitrogens with zero attached hydrogens (tertiary/aromatic N) is 1. The highest BCUT2D eigenvalue weighted by Gasteiger charge is 2.45. The Hall–Kier alpha value is -3.93. The highest BCUT2D eigenvalue weighted by Crippen LogP contribution is 2.44. The van der Waals surface area contributed by atoms with Crippen molar-refractivity contribution in [2.24, 2.45) is 0 Å². The number of benzene rings is 3. The maximum atomic E-state index is 13.6. The van der Waals surface area contributed by atoms with Gasteiger partial charge >= 0.3 is 12.4 Å². The standard InChI is InChI=1S/C28H25Cl2F3N4O4/c1-27(30)23(22(40-16-17-9-5-3-6-10-17)20-15-18(29)13-14-21(20)36-27)37(2)25(38)24(41-28(31,32)33)35-26(39)34-19-11-7-4-8-12-19/h3-15,24,36H,16H2,1-2H3,(H2,34,35,39). The molecule has 3 aromatic carbocycles. The Morgan fingerprint density at radius 3 is 2.32 bits per heavy atom. The summed E-state index contributed by atoms with van der Waals surface area (Å²) in [5, 5.41) is 7.69. The van der Waals surface area contributed by atoms with Crippen LogP contribution in [0.25, 0.3) is 5.76 Å². The third-order valence-corrected chi connectivity index (χ3v) is 6.43. The molecule has 0 bridgehead atoms. The fraction of sp³-hybridized carbons (Fsp3) is 0.214. The average molecular weight is 609 g/mol. The van der Waals surface area contributed by atoms with E-state index < -0.39 is 29.5 Å². The zero-order valence-electron chi connectivity index (χ0n) is 21.8. The lowest BCUT2D eigenvalue weighted by Crippen LogP contribution is -2.54. The van der Waals surface area contributed by atoms with Gasteiger partial charge in [0.2, 0.25) is 6.23 Å². The molecule has 0 saturated carbocycles. The maximum Gasteiger partial charge on any atom is 0.524 e. The molecule has 1 heterocycles. The van der Waals surface area contributed by atoms with Crippen LogP contribution in [-0.2, 0) is 20.9 Å². The highest BCUT2D eigenvalue weighted by atomic mass is 35.5. The van der Waals surface area contributed by atoms with Crippen molar-refractivity contribution in [3.63, 3.8) is 0 Å². The fourth-order valence-corrected chi connectivity index (χ4v) is 4.66. The summed E-state index contributed by atoms with van der Waals surface area (Å²) in [7, 11) is 1.20. The minimum absolute atomic E-state index is 0.0316. The number of hydrogen-bond acceptors (Lipinski definition) is 5. The first kappa shape index (κ1) is 30.0. The smallest absolute Gasteiger partial charge is 0.486 e. The van der Waals surface area contributed by atoms with Gasteiger partial charge in [-0.05, 0) is 42.8 Å². The minimum Gasteiger partial charge on any atom is -0.486 e. The van der Waals surface area contributed by atoms with Crippen LogP contribution >= 0.6 is 23.2 Å². The number of amides is 3. The Labute approximate surface area is 244 Å². The summed E-state index contributed by atoms with van der Waals surface area (Å²) in [5.41, 5.74) is 1.97. The van der Waals surface area contributed by atoms with Crippen molar-refractivity contribution in [2.45, 2.75) is 31.1 Å². The van der Waals surface area contributed by atoms with Crippen molar-refractivity contribution >= 4 is 52.3 Å². The largest absolute Gasteiger partial charge is 0.524 e. The summed E-state index contributed by atoms with van der Waals surface area (Å²) in [4.78, 5) is 25.4. The third-order valence-electron chi connectivity index (χ3n) is 5.92. The summed E-state index contributed by atoms with van der Waals surface area (Å²) >= 11 is 13.1. The Morgan fingerprint density at radius 2 is 1.68 bits per heavy atom. The molecule has 8 nitrogen and oxygen atoms in total. The monoisotopic (exact) mass is 608 g/mol. The van der Waals surface area contributed by atoms with Crippen molar-refractivity contribution in [2.75, 3.05) is 17.7 Å². The number of carbonyl (C=O) groups is 2. The zero-order valence-corrected chi connectivity index (χ0v) is 23.3. The van der Waals surface area contributed by atoms with Crippen LogP contribution in [0.5, 0.6) is 0 Å². The van der Waals surface area contributed by atoms with E-state index in [2.05, 4.69) is 15.4 Å². The van der Waals surface area contributed by atoms with E-state index in [1.807, 2.05) is 35.6 Å². The Kier molecular flexibility index (Phi) is 9.01. The Balaban J connectivity index is 1.71.